The van der Waals surface area contributed by atoms with Crippen molar-refractivity contribution in [1.29, 1.82) is 0 Å². The maximum absolute atomic E-state index is 4.11. The zero-order chi connectivity index (χ0) is 14.4. The lowest BCUT2D eigenvalue weighted by Gasteiger charge is -2.22. The van der Waals surface area contributed by atoms with Gasteiger partial charge in [-0.25, -0.2) is 0 Å². The van der Waals surface area contributed by atoms with Gasteiger partial charge in [0.15, 0.2) is 5.82 Å². The zero-order valence-corrected chi connectivity index (χ0v) is 12.5. The quantitative estimate of drug-likeness (QED) is 0.842. The van der Waals surface area contributed by atoms with Crippen molar-refractivity contribution in [1.82, 2.24) is 25.5 Å². The number of hydrogen-bond donors (Lipinski definition) is 1. The maximum Gasteiger partial charge on any atom is 0.170 e. The first-order valence-corrected chi connectivity index (χ1v) is 7.32. The molecule has 1 heterocycles. The summed E-state index contributed by atoms with van der Waals surface area (Å²) in [6.07, 6.45) is 2.38. The van der Waals surface area contributed by atoms with E-state index in [0.717, 1.165) is 11.5 Å². The molecule has 1 unspecified atom stereocenters. The van der Waals surface area contributed by atoms with Crippen LogP contribution in [0.15, 0.2) is 30.3 Å². The van der Waals surface area contributed by atoms with Crippen molar-refractivity contribution in [3.8, 4) is 5.69 Å². The fraction of sp³-hybridized carbons (Fsp3) is 0.533. The highest BCUT2D eigenvalue weighted by Crippen LogP contribution is 2.13. The molecule has 1 atom stereocenters. The first kappa shape index (κ1) is 14.7. The van der Waals surface area contributed by atoms with Crippen LogP contribution in [0.1, 0.15) is 39.4 Å². The molecule has 108 valence electrons. The van der Waals surface area contributed by atoms with Crippen LogP contribution in [0.25, 0.3) is 5.69 Å². The van der Waals surface area contributed by atoms with Gasteiger partial charge in [0, 0.05) is 6.04 Å². The van der Waals surface area contributed by atoms with Crippen LogP contribution in [-0.2, 0) is 6.54 Å². The van der Waals surface area contributed by atoms with Gasteiger partial charge in [-0.05, 0) is 35.4 Å². The van der Waals surface area contributed by atoms with Crippen molar-refractivity contribution < 1.29 is 0 Å². The van der Waals surface area contributed by atoms with Crippen molar-refractivity contribution in [3.63, 3.8) is 0 Å². The molecule has 2 aromatic rings. The fourth-order valence-electron chi connectivity index (χ4n) is 2.50. The Labute approximate surface area is 120 Å². The molecule has 20 heavy (non-hydrogen) atoms. The first-order chi connectivity index (χ1) is 9.76. The molecule has 0 fully saturated rings. The van der Waals surface area contributed by atoms with Crippen molar-refractivity contribution in [2.24, 2.45) is 5.92 Å². The second-order valence-electron chi connectivity index (χ2n) is 5.09. The van der Waals surface area contributed by atoms with Crippen LogP contribution in [0.5, 0.6) is 0 Å². The Morgan fingerprint density at radius 3 is 2.50 bits per heavy atom. The van der Waals surface area contributed by atoms with Crippen LogP contribution < -0.4 is 5.32 Å². The van der Waals surface area contributed by atoms with E-state index in [0.29, 0.717) is 18.5 Å². The molecule has 0 bridgehead atoms. The standard InChI is InChI=1S/C15H23N5/c1-4-13(5-2)12(3)16-11-15-17-18-19-20(15)14-9-7-6-8-10-14/h6-10,12-13,16H,4-5,11H2,1-3H3. The molecule has 1 aromatic carbocycles. The number of para-hydroxylation sites is 1. The molecule has 0 aliphatic carbocycles. The van der Waals surface area contributed by atoms with E-state index in [1.807, 2.05) is 30.3 Å². The molecule has 5 heteroatoms. The summed E-state index contributed by atoms with van der Waals surface area (Å²) in [4.78, 5) is 0. The maximum atomic E-state index is 4.11. The van der Waals surface area contributed by atoms with Crippen LogP contribution in [0.4, 0.5) is 0 Å². The average Bonchev–Trinajstić information content (AvgIpc) is 2.95. The minimum atomic E-state index is 0.464. The molecule has 0 spiro atoms. The Morgan fingerprint density at radius 2 is 1.85 bits per heavy atom. The Bertz CT molecular complexity index is 504. The Morgan fingerprint density at radius 1 is 1.15 bits per heavy atom. The lowest BCUT2D eigenvalue weighted by molar-refractivity contribution is 0.349. The monoisotopic (exact) mass is 273 g/mol. The lowest BCUT2D eigenvalue weighted by Crippen LogP contribution is -2.33. The van der Waals surface area contributed by atoms with E-state index in [4.69, 9.17) is 0 Å². The van der Waals surface area contributed by atoms with Crippen LogP contribution in [-0.4, -0.2) is 26.2 Å². The SMILES string of the molecule is CCC(CC)C(C)NCc1nnnn1-c1ccccc1. The van der Waals surface area contributed by atoms with Gasteiger partial charge in [-0.1, -0.05) is 44.9 Å². The van der Waals surface area contributed by atoms with Crippen LogP contribution in [0.2, 0.25) is 0 Å². The second kappa shape index (κ2) is 7.14. The van der Waals surface area contributed by atoms with Gasteiger partial charge in [0.2, 0.25) is 0 Å². The van der Waals surface area contributed by atoms with E-state index >= 15 is 0 Å². The summed E-state index contributed by atoms with van der Waals surface area (Å²) in [6.45, 7) is 7.38. The van der Waals surface area contributed by atoms with Crippen molar-refractivity contribution >= 4 is 0 Å². The van der Waals surface area contributed by atoms with Gasteiger partial charge in [-0.2, -0.15) is 4.68 Å². The molecule has 1 aromatic heterocycles. The highest BCUT2D eigenvalue weighted by Gasteiger charge is 2.14. The Hall–Kier alpha value is -1.75. The number of benzene rings is 1. The number of aromatic nitrogens is 4. The normalized spacial score (nSPS) is 12.8. The summed E-state index contributed by atoms with van der Waals surface area (Å²) in [5.74, 6) is 1.53. The molecular weight excluding hydrogens is 250 g/mol. The molecule has 5 nitrogen and oxygen atoms in total. The number of rotatable bonds is 7. The molecule has 0 radical (unpaired) electrons. The molecule has 0 aliphatic heterocycles. The predicted octanol–water partition coefficient (Wildman–Crippen LogP) is 2.58. The largest absolute Gasteiger partial charge is 0.307 e. The molecule has 0 aliphatic rings. The Balaban J connectivity index is 2.03. The van der Waals surface area contributed by atoms with Gasteiger partial charge >= 0.3 is 0 Å². The summed E-state index contributed by atoms with van der Waals surface area (Å²) in [5.41, 5.74) is 0.990. The van der Waals surface area contributed by atoms with E-state index in [9.17, 15) is 0 Å². The zero-order valence-electron chi connectivity index (χ0n) is 12.5. The lowest BCUT2D eigenvalue weighted by atomic mass is 9.95. The minimum Gasteiger partial charge on any atom is -0.307 e. The van der Waals surface area contributed by atoms with E-state index in [2.05, 4.69) is 41.6 Å². The molecular formula is C15H23N5. The van der Waals surface area contributed by atoms with E-state index in [1.165, 1.54) is 12.8 Å². The number of tetrazole rings is 1. The van der Waals surface area contributed by atoms with Gasteiger partial charge in [0.1, 0.15) is 0 Å². The molecule has 2 rings (SSSR count). The molecule has 0 saturated carbocycles. The summed E-state index contributed by atoms with van der Waals surface area (Å²) in [5, 5.41) is 15.5. The van der Waals surface area contributed by atoms with Gasteiger partial charge in [-0.3, -0.25) is 0 Å². The van der Waals surface area contributed by atoms with Crippen molar-refractivity contribution in [2.75, 3.05) is 0 Å². The van der Waals surface area contributed by atoms with E-state index < -0.39 is 0 Å². The summed E-state index contributed by atoms with van der Waals surface area (Å²) in [7, 11) is 0. The summed E-state index contributed by atoms with van der Waals surface area (Å²) < 4.78 is 1.78. The molecule has 1 N–H and O–H groups in total. The molecule has 0 saturated heterocycles. The third-order valence-electron chi connectivity index (χ3n) is 3.87. The van der Waals surface area contributed by atoms with Crippen LogP contribution >= 0.6 is 0 Å². The average molecular weight is 273 g/mol. The van der Waals surface area contributed by atoms with Crippen molar-refractivity contribution in [2.45, 2.75) is 46.2 Å². The number of nitrogens with zero attached hydrogens (tertiary/aromatic N) is 4. The van der Waals surface area contributed by atoms with Crippen molar-refractivity contribution in [3.05, 3.63) is 36.2 Å². The van der Waals surface area contributed by atoms with E-state index in [1.54, 1.807) is 4.68 Å². The minimum absolute atomic E-state index is 0.464. The number of nitrogens with one attached hydrogen (secondary N) is 1. The third kappa shape index (κ3) is 3.42. The van der Waals surface area contributed by atoms with Gasteiger partial charge < -0.3 is 5.32 Å². The highest BCUT2D eigenvalue weighted by atomic mass is 15.5. The highest BCUT2D eigenvalue weighted by molar-refractivity contribution is 5.30. The second-order valence-corrected chi connectivity index (χ2v) is 5.09. The van der Waals surface area contributed by atoms with Gasteiger partial charge in [0.05, 0.1) is 12.2 Å². The Kier molecular flexibility index (Phi) is 5.24. The third-order valence-corrected chi connectivity index (χ3v) is 3.87. The van der Waals surface area contributed by atoms with Crippen LogP contribution in [0.3, 0.4) is 0 Å². The van der Waals surface area contributed by atoms with Gasteiger partial charge in [-0.15, -0.1) is 5.10 Å². The van der Waals surface area contributed by atoms with E-state index in [-0.39, 0.29) is 0 Å². The molecule has 0 amide bonds. The number of hydrogen-bond acceptors (Lipinski definition) is 4. The summed E-state index contributed by atoms with van der Waals surface area (Å²) >= 11 is 0. The smallest absolute Gasteiger partial charge is 0.170 e. The fourth-order valence-corrected chi connectivity index (χ4v) is 2.50. The first-order valence-electron chi connectivity index (χ1n) is 7.32. The summed E-state index contributed by atoms with van der Waals surface area (Å²) in [6, 6.07) is 10.4. The van der Waals surface area contributed by atoms with Crippen LogP contribution in [0, 0.1) is 5.92 Å². The predicted molar refractivity (Wildman–Crippen MR) is 79.5 cm³/mol. The topological polar surface area (TPSA) is 55.6 Å². The van der Waals surface area contributed by atoms with Gasteiger partial charge in [0.25, 0.3) is 0 Å².